The molecule has 6 aliphatic rings. The number of ether oxygens (including phenoxy) is 2. The molecule has 0 N–H and O–H groups in total. The molecule has 4 bridgehead atoms. The Hall–Kier alpha value is -1.24. The molecule has 2 aliphatic heterocycles. The van der Waals surface area contributed by atoms with Gasteiger partial charge in [0.1, 0.15) is 24.4 Å². The Morgan fingerprint density at radius 2 is 1.22 bits per heavy atom. The summed E-state index contributed by atoms with van der Waals surface area (Å²) in [4.78, 5) is 26.7. The van der Waals surface area contributed by atoms with Crippen molar-refractivity contribution in [3.05, 3.63) is 0 Å². The van der Waals surface area contributed by atoms with E-state index in [1.54, 1.807) is 20.8 Å². The standard InChI is InChI=1S/C24H34O10S2/c1-5-24(4,22(26)32-18-12-7-14-16(9-12)36(29,30)34-20(14)18)10-23(2,3)21(25)31-17-11-6-13-15(8-11)35(27,28)33-19(13)17/h11-20H,5-10H2,1-4H3. The van der Waals surface area contributed by atoms with Crippen molar-refractivity contribution in [1.29, 1.82) is 0 Å². The molecule has 0 aromatic rings. The molecular formula is C24H34O10S2. The number of carbonyl (C=O) groups excluding carboxylic acids is 2. The van der Waals surface area contributed by atoms with E-state index < -0.39 is 77.9 Å². The average Bonchev–Trinajstić information content (AvgIpc) is 3.57. The normalized spacial score (nSPS) is 46.1. The minimum atomic E-state index is -3.61. The molecule has 202 valence electrons. The summed E-state index contributed by atoms with van der Waals surface area (Å²) in [5.41, 5.74) is -2.05. The first kappa shape index (κ1) is 25.1. The molecule has 0 spiro atoms. The third kappa shape index (κ3) is 3.46. The van der Waals surface area contributed by atoms with E-state index in [2.05, 4.69) is 0 Å². The summed E-state index contributed by atoms with van der Waals surface area (Å²) in [6, 6.07) is 0. The highest BCUT2D eigenvalue weighted by Crippen LogP contribution is 2.57. The highest BCUT2D eigenvalue weighted by Gasteiger charge is 2.67. The second-order valence-corrected chi connectivity index (χ2v) is 16.3. The summed E-state index contributed by atoms with van der Waals surface area (Å²) in [6.07, 6.45) is 0.390. The summed E-state index contributed by atoms with van der Waals surface area (Å²) >= 11 is 0. The Morgan fingerprint density at radius 1 is 0.778 bits per heavy atom. The highest BCUT2D eigenvalue weighted by atomic mass is 32.2. The lowest BCUT2D eigenvalue weighted by molar-refractivity contribution is -0.176. The SMILES string of the molecule is CCC(C)(CC(C)(C)C(=O)OC1C2CC3C1OS(=O)(=O)C3C2)C(=O)OC1C2CC3C1OS(=O)(=O)C3C2. The first-order chi connectivity index (χ1) is 16.7. The van der Waals surface area contributed by atoms with Gasteiger partial charge < -0.3 is 9.47 Å². The molecule has 11 atom stereocenters. The number of hydrogen-bond donors (Lipinski definition) is 0. The van der Waals surface area contributed by atoms with E-state index in [4.69, 9.17) is 17.8 Å². The maximum Gasteiger partial charge on any atom is 0.312 e. The van der Waals surface area contributed by atoms with E-state index in [9.17, 15) is 26.4 Å². The minimum absolute atomic E-state index is 0.0328. The molecule has 4 aliphatic carbocycles. The molecule has 10 nitrogen and oxygen atoms in total. The van der Waals surface area contributed by atoms with E-state index in [1.807, 2.05) is 6.92 Å². The maximum atomic E-state index is 13.4. The first-order valence-corrected chi connectivity index (χ1v) is 15.9. The van der Waals surface area contributed by atoms with Crippen molar-refractivity contribution in [1.82, 2.24) is 0 Å². The zero-order valence-electron chi connectivity index (χ0n) is 20.9. The van der Waals surface area contributed by atoms with E-state index in [0.717, 1.165) is 0 Å². The van der Waals surface area contributed by atoms with Gasteiger partial charge in [0.2, 0.25) is 0 Å². The van der Waals surface area contributed by atoms with Crippen molar-refractivity contribution >= 4 is 32.2 Å². The van der Waals surface area contributed by atoms with Crippen molar-refractivity contribution in [3.63, 3.8) is 0 Å². The van der Waals surface area contributed by atoms with E-state index in [-0.39, 0.29) is 30.1 Å². The number of fused-ring (bicyclic) bond motifs is 2. The van der Waals surface area contributed by atoms with Gasteiger partial charge in [0.15, 0.2) is 0 Å². The van der Waals surface area contributed by atoms with Crippen LogP contribution >= 0.6 is 0 Å². The van der Waals surface area contributed by atoms with Crippen LogP contribution in [0.5, 0.6) is 0 Å². The predicted molar refractivity (Wildman–Crippen MR) is 124 cm³/mol. The van der Waals surface area contributed by atoms with Crippen molar-refractivity contribution in [2.45, 2.75) is 101 Å². The Balaban J connectivity index is 1.12. The van der Waals surface area contributed by atoms with Crippen LogP contribution in [0.25, 0.3) is 0 Å². The van der Waals surface area contributed by atoms with E-state index in [0.29, 0.717) is 32.1 Å². The summed E-state index contributed by atoms with van der Waals surface area (Å²) < 4.78 is 71.4. The fourth-order valence-corrected chi connectivity index (χ4v) is 11.8. The topological polar surface area (TPSA) is 139 Å². The van der Waals surface area contributed by atoms with Crippen molar-refractivity contribution in [2.75, 3.05) is 0 Å². The van der Waals surface area contributed by atoms with Gasteiger partial charge in [0, 0.05) is 23.7 Å². The molecule has 2 heterocycles. The van der Waals surface area contributed by atoms with Crippen LogP contribution in [0.1, 0.15) is 66.2 Å². The van der Waals surface area contributed by atoms with Crippen LogP contribution in [-0.4, -0.2) is 63.7 Å². The van der Waals surface area contributed by atoms with Gasteiger partial charge in [-0.1, -0.05) is 6.92 Å². The van der Waals surface area contributed by atoms with Crippen LogP contribution in [0.15, 0.2) is 0 Å². The van der Waals surface area contributed by atoms with Crippen molar-refractivity contribution in [2.24, 2.45) is 34.5 Å². The van der Waals surface area contributed by atoms with Gasteiger partial charge in [-0.3, -0.25) is 18.0 Å². The molecule has 0 amide bonds. The van der Waals surface area contributed by atoms with Crippen molar-refractivity contribution in [3.8, 4) is 0 Å². The monoisotopic (exact) mass is 546 g/mol. The molecule has 0 aromatic carbocycles. The number of hydrogen-bond acceptors (Lipinski definition) is 10. The zero-order valence-corrected chi connectivity index (χ0v) is 22.5. The van der Waals surface area contributed by atoms with Crippen LogP contribution in [0.3, 0.4) is 0 Å². The Labute approximate surface area is 212 Å². The molecule has 6 fully saturated rings. The molecule has 6 rings (SSSR count). The lowest BCUT2D eigenvalue weighted by Gasteiger charge is -2.37. The Morgan fingerprint density at radius 3 is 1.67 bits per heavy atom. The smallest absolute Gasteiger partial charge is 0.312 e. The lowest BCUT2D eigenvalue weighted by Crippen LogP contribution is -2.45. The second-order valence-electron chi connectivity index (χ2n) is 12.7. The Kier molecular flexibility index (Phi) is 5.33. The van der Waals surface area contributed by atoms with Gasteiger partial charge in [-0.2, -0.15) is 16.8 Å². The molecule has 0 radical (unpaired) electrons. The van der Waals surface area contributed by atoms with Crippen LogP contribution in [0.4, 0.5) is 0 Å². The largest absolute Gasteiger partial charge is 0.459 e. The Bertz CT molecular complexity index is 1210. The fraction of sp³-hybridized carbons (Fsp3) is 0.917. The third-order valence-corrected chi connectivity index (χ3v) is 13.5. The van der Waals surface area contributed by atoms with Crippen molar-refractivity contribution < 1.29 is 44.3 Å². The van der Waals surface area contributed by atoms with Gasteiger partial charge >= 0.3 is 11.9 Å². The third-order valence-electron chi connectivity index (χ3n) is 9.97. The maximum absolute atomic E-state index is 13.4. The zero-order chi connectivity index (χ0) is 26.0. The van der Waals surface area contributed by atoms with Crippen LogP contribution < -0.4 is 0 Å². The number of carbonyl (C=O) groups is 2. The molecule has 4 saturated carbocycles. The van der Waals surface area contributed by atoms with Gasteiger partial charge in [0.25, 0.3) is 20.2 Å². The summed E-state index contributed by atoms with van der Waals surface area (Å²) in [5, 5.41) is -0.984. The molecule has 0 aromatic heterocycles. The summed E-state index contributed by atoms with van der Waals surface area (Å²) in [7, 11) is -7.21. The summed E-state index contributed by atoms with van der Waals surface area (Å²) in [5.74, 6) is -1.28. The molecule has 12 heteroatoms. The second kappa shape index (κ2) is 7.66. The molecular weight excluding hydrogens is 512 g/mol. The first-order valence-electron chi connectivity index (χ1n) is 12.9. The quantitative estimate of drug-likeness (QED) is 0.344. The average molecular weight is 547 g/mol. The van der Waals surface area contributed by atoms with Gasteiger partial charge in [-0.25, -0.2) is 0 Å². The number of rotatable bonds is 7. The summed E-state index contributed by atoms with van der Waals surface area (Å²) in [6.45, 7) is 7.03. The van der Waals surface area contributed by atoms with E-state index in [1.165, 1.54) is 0 Å². The van der Waals surface area contributed by atoms with Gasteiger partial charge in [-0.05, 0) is 59.3 Å². The van der Waals surface area contributed by atoms with Crippen LogP contribution in [0, 0.1) is 34.5 Å². The number of esters is 2. The van der Waals surface area contributed by atoms with Gasteiger partial charge in [0.05, 0.1) is 21.3 Å². The predicted octanol–water partition coefficient (Wildman–Crippen LogP) is 1.92. The lowest BCUT2D eigenvalue weighted by atomic mass is 9.72. The van der Waals surface area contributed by atoms with E-state index >= 15 is 0 Å². The fourth-order valence-electron chi connectivity index (χ4n) is 8.03. The van der Waals surface area contributed by atoms with Crippen LogP contribution in [-0.2, 0) is 47.7 Å². The molecule has 11 unspecified atom stereocenters. The van der Waals surface area contributed by atoms with Gasteiger partial charge in [-0.15, -0.1) is 0 Å². The van der Waals surface area contributed by atoms with Crippen LogP contribution in [0.2, 0.25) is 0 Å². The molecule has 2 saturated heterocycles. The highest BCUT2D eigenvalue weighted by molar-refractivity contribution is 7.87. The minimum Gasteiger partial charge on any atom is -0.459 e. The molecule has 36 heavy (non-hydrogen) atoms.